The van der Waals surface area contributed by atoms with Crippen LogP contribution in [0.5, 0.6) is 0 Å². The first-order valence-electron chi connectivity index (χ1n) is 8.38. The number of piperazine rings is 1. The Kier molecular flexibility index (Phi) is 5.13. The Morgan fingerprint density at radius 1 is 1.24 bits per heavy atom. The molecule has 3 rings (SSSR count). The number of hydrogen-bond donors (Lipinski definition) is 0. The molecule has 5 nitrogen and oxygen atoms in total. The maximum atomic E-state index is 13.0. The predicted octanol–water partition coefficient (Wildman–Crippen LogP) is 1.76. The van der Waals surface area contributed by atoms with Crippen LogP contribution in [0.2, 0.25) is 0 Å². The van der Waals surface area contributed by atoms with Gasteiger partial charge >= 0.3 is 0 Å². The van der Waals surface area contributed by atoms with Crippen LogP contribution in [0, 0.1) is 24.1 Å². The minimum atomic E-state index is -0.246. The third kappa shape index (κ3) is 3.87. The fourth-order valence-corrected chi connectivity index (χ4v) is 3.28. The SMILES string of the molecule is C#C/C=N\C(=N/C)N1CCN(C(=O)[C@H]2C[C@H]2c2ccc(F)cc2)CC1. The molecule has 0 radical (unpaired) electrons. The highest BCUT2D eigenvalue weighted by atomic mass is 19.1. The quantitative estimate of drug-likeness (QED) is 0.468. The number of halogens is 1. The van der Waals surface area contributed by atoms with Crippen molar-refractivity contribution in [3.8, 4) is 12.3 Å². The first-order valence-corrected chi connectivity index (χ1v) is 8.38. The smallest absolute Gasteiger partial charge is 0.226 e. The molecule has 0 bridgehead atoms. The van der Waals surface area contributed by atoms with Gasteiger partial charge in [0, 0.05) is 39.1 Å². The molecule has 2 aliphatic rings. The number of carbonyl (C=O) groups is 1. The van der Waals surface area contributed by atoms with E-state index in [0.29, 0.717) is 32.1 Å². The fraction of sp³-hybridized carbons (Fsp3) is 0.421. The van der Waals surface area contributed by atoms with E-state index in [2.05, 4.69) is 15.9 Å². The standard InChI is InChI=1S/C19H21FN4O/c1-3-8-22-19(21-2)24-11-9-23(10-12-24)18(25)17-13-16(17)14-4-6-15(20)7-5-14/h1,4-8,16-17H,9-13H2,2H3/b21-19+,22-8-/t16-,17-/m0/s1. The minimum absolute atomic E-state index is 0.0239. The molecule has 1 aliphatic carbocycles. The highest BCUT2D eigenvalue weighted by Gasteiger charge is 2.46. The molecule has 1 amide bonds. The predicted molar refractivity (Wildman–Crippen MR) is 96.1 cm³/mol. The van der Waals surface area contributed by atoms with Crippen LogP contribution in [-0.2, 0) is 4.79 Å². The zero-order valence-electron chi connectivity index (χ0n) is 14.2. The summed E-state index contributed by atoms with van der Waals surface area (Å²) in [6.07, 6.45) is 7.42. The average molecular weight is 340 g/mol. The van der Waals surface area contributed by atoms with Crippen LogP contribution in [0.1, 0.15) is 17.9 Å². The molecule has 1 aliphatic heterocycles. The number of carbonyl (C=O) groups excluding carboxylic acids is 1. The Morgan fingerprint density at radius 3 is 2.48 bits per heavy atom. The Labute approximate surface area is 147 Å². The number of hydrogen-bond acceptors (Lipinski definition) is 2. The van der Waals surface area contributed by atoms with E-state index >= 15 is 0 Å². The number of guanidine groups is 1. The van der Waals surface area contributed by atoms with E-state index in [1.807, 2.05) is 9.80 Å². The molecule has 2 atom stereocenters. The lowest BCUT2D eigenvalue weighted by Crippen LogP contribution is -2.50. The monoisotopic (exact) mass is 340 g/mol. The van der Waals surface area contributed by atoms with Gasteiger partial charge in [-0.2, -0.15) is 0 Å². The van der Waals surface area contributed by atoms with Crippen molar-refractivity contribution in [2.24, 2.45) is 15.9 Å². The van der Waals surface area contributed by atoms with E-state index < -0.39 is 0 Å². The van der Waals surface area contributed by atoms with Gasteiger partial charge in [0.15, 0.2) is 0 Å². The lowest BCUT2D eigenvalue weighted by molar-refractivity contribution is -0.133. The minimum Gasteiger partial charge on any atom is -0.339 e. The normalized spacial score (nSPS) is 23.6. The second kappa shape index (κ2) is 7.47. The van der Waals surface area contributed by atoms with Crippen LogP contribution >= 0.6 is 0 Å². The molecule has 25 heavy (non-hydrogen) atoms. The molecular weight excluding hydrogens is 319 g/mol. The summed E-state index contributed by atoms with van der Waals surface area (Å²) in [6, 6.07) is 6.46. The van der Waals surface area contributed by atoms with Crippen molar-refractivity contribution in [2.45, 2.75) is 12.3 Å². The van der Waals surface area contributed by atoms with Gasteiger partial charge in [0.25, 0.3) is 0 Å². The highest BCUT2D eigenvalue weighted by Crippen LogP contribution is 2.48. The van der Waals surface area contributed by atoms with Crippen LogP contribution in [-0.4, -0.2) is 61.1 Å². The van der Waals surface area contributed by atoms with Gasteiger partial charge in [-0.05, 0) is 30.0 Å². The van der Waals surface area contributed by atoms with Gasteiger partial charge < -0.3 is 9.80 Å². The summed E-state index contributed by atoms with van der Waals surface area (Å²) in [5, 5.41) is 0. The van der Waals surface area contributed by atoms with Crippen molar-refractivity contribution in [1.82, 2.24) is 9.80 Å². The molecule has 2 fully saturated rings. The number of amides is 1. The van der Waals surface area contributed by atoms with Gasteiger partial charge in [0.05, 0.1) is 6.21 Å². The summed E-state index contributed by atoms with van der Waals surface area (Å²) in [5.74, 6) is 3.15. The second-order valence-electron chi connectivity index (χ2n) is 6.26. The number of benzene rings is 1. The van der Waals surface area contributed by atoms with E-state index in [4.69, 9.17) is 6.42 Å². The Bertz CT molecular complexity index is 727. The highest BCUT2D eigenvalue weighted by molar-refractivity contribution is 5.93. The molecule has 1 saturated heterocycles. The molecular formula is C19H21FN4O. The number of rotatable bonds is 2. The Balaban J connectivity index is 1.54. The van der Waals surface area contributed by atoms with Gasteiger partial charge in [-0.25, -0.2) is 9.38 Å². The molecule has 0 aromatic heterocycles. The van der Waals surface area contributed by atoms with Crippen molar-refractivity contribution in [3.05, 3.63) is 35.6 Å². The first kappa shape index (κ1) is 17.2. The topological polar surface area (TPSA) is 48.3 Å². The van der Waals surface area contributed by atoms with Gasteiger partial charge in [0.2, 0.25) is 11.9 Å². The average Bonchev–Trinajstić information content (AvgIpc) is 3.43. The third-order valence-corrected chi connectivity index (χ3v) is 4.73. The lowest BCUT2D eigenvalue weighted by Gasteiger charge is -2.35. The zero-order chi connectivity index (χ0) is 17.8. The molecule has 6 heteroatoms. The summed E-state index contributed by atoms with van der Waals surface area (Å²) in [5.41, 5.74) is 1.04. The van der Waals surface area contributed by atoms with E-state index in [-0.39, 0.29) is 23.6 Å². The summed E-state index contributed by atoms with van der Waals surface area (Å²) in [7, 11) is 1.68. The second-order valence-corrected chi connectivity index (χ2v) is 6.26. The van der Waals surface area contributed by atoms with E-state index in [1.165, 1.54) is 18.3 Å². The Morgan fingerprint density at radius 2 is 1.88 bits per heavy atom. The summed E-state index contributed by atoms with van der Waals surface area (Å²) >= 11 is 0. The van der Waals surface area contributed by atoms with Gasteiger partial charge in [-0.3, -0.25) is 9.79 Å². The third-order valence-electron chi connectivity index (χ3n) is 4.73. The van der Waals surface area contributed by atoms with Gasteiger partial charge in [0.1, 0.15) is 5.82 Å². The molecule has 0 N–H and O–H groups in total. The van der Waals surface area contributed by atoms with Gasteiger partial charge in [-0.1, -0.05) is 18.1 Å². The van der Waals surface area contributed by atoms with Crippen LogP contribution in [0.25, 0.3) is 0 Å². The maximum absolute atomic E-state index is 13.0. The fourth-order valence-electron chi connectivity index (χ4n) is 3.28. The zero-order valence-corrected chi connectivity index (χ0v) is 14.2. The lowest BCUT2D eigenvalue weighted by atomic mass is 10.1. The van der Waals surface area contributed by atoms with E-state index in [1.54, 1.807) is 19.2 Å². The van der Waals surface area contributed by atoms with Crippen molar-refractivity contribution >= 4 is 18.1 Å². The molecule has 0 unspecified atom stereocenters. The van der Waals surface area contributed by atoms with Crippen molar-refractivity contribution in [2.75, 3.05) is 33.2 Å². The molecule has 0 spiro atoms. The van der Waals surface area contributed by atoms with Gasteiger partial charge in [-0.15, -0.1) is 6.42 Å². The number of aliphatic imine (C=N–C) groups is 2. The molecule has 1 heterocycles. The Hall–Kier alpha value is -2.68. The van der Waals surface area contributed by atoms with E-state index in [9.17, 15) is 9.18 Å². The van der Waals surface area contributed by atoms with Crippen LogP contribution < -0.4 is 0 Å². The van der Waals surface area contributed by atoms with Crippen LogP contribution in [0.15, 0.2) is 34.3 Å². The number of terminal acetylenes is 1. The largest absolute Gasteiger partial charge is 0.339 e. The molecule has 1 saturated carbocycles. The maximum Gasteiger partial charge on any atom is 0.226 e. The summed E-state index contributed by atoms with van der Waals surface area (Å²) < 4.78 is 13.0. The van der Waals surface area contributed by atoms with Crippen molar-refractivity contribution in [3.63, 3.8) is 0 Å². The van der Waals surface area contributed by atoms with Crippen LogP contribution in [0.3, 0.4) is 0 Å². The van der Waals surface area contributed by atoms with Crippen molar-refractivity contribution in [1.29, 1.82) is 0 Å². The molecule has 1 aromatic rings. The summed E-state index contributed by atoms with van der Waals surface area (Å²) in [4.78, 5) is 24.9. The first-order chi connectivity index (χ1) is 12.1. The van der Waals surface area contributed by atoms with E-state index in [0.717, 1.165) is 12.0 Å². The summed E-state index contributed by atoms with van der Waals surface area (Å²) in [6.45, 7) is 2.68. The number of nitrogens with zero attached hydrogens (tertiary/aromatic N) is 4. The molecule has 130 valence electrons. The van der Waals surface area contributed by atoms with Crippen molar-refractivity contribution < 1.29 is 9.18 Å². The van der Waals surface area contributed by atoms with Crippen LogP contribution in [0.4, 0.5) is 4.39 Å². The molecule has 1 aromatic carbocycles.